The van der Waals surface area contributed by atoms with Gasteiger partial charge in [0.15, 0.2) is 6.61 Å². The summed E-state index contributed by atoms with van der Waals surface area (Å²) in [4.78, 5) is 24.8. The molecular formula is C27H27NO6. The molecule has 1 aromatic heterocycles. The Kier molecular flexibility index (Phi) is 7.32. The predicted octanol–water partition coefficient (Wildman–Crippen LogP) is 5.96. The molecule has 176 valence electrons. The molecule has 34 heavy (non-hydrogen) atoms. The summed E-state index contributed by atoms with van der Waals surface area (Å²) in [5.41, 5.74) is 2.13. The van der Waals surface area contributed by atoms with Crippen LogP contribution < -0.4 is 14.8 Å². The Bertz CT molecular complexity index is 1290. The first-order chi connectivity index (χ1) is 16.6. The number of carbonyl (C=O) groups is 2. The highest BCUT2D eigenvalue weighted by Gasteiger charge is 2.16. The molecule has 0 saturated carbocycles. The van der Waals surface area contributed by atoms with Crippen LogP contribution in [0.1, 0.15) is 36.5 Å². The minimum atomic E-state index is -0.590. The molecule has 1 N–H and O–H groups in total. The van der Waals surface area contributed by atoms with Crippen LogP contribution in [0.5, 0.6) is 11.5 Å². The zero-order valence-electron chi connectivity index (χ0n) is 19.3. The van der Waals surface area contributed by atoms with Gasteiger partial charge in [0.05, 0.1) is 25.0 Å². The van der Waals surface area contributed by atoms with E-state index < -0.39 is 18.5 Å². The number of para-hydroxylation sites is 1. The molecule has 0 unspecified atom stereocenters. The molecule has 0 bridgehead atoms. The second-order valence-electron chi connectivity index (χ2n) is 7.85. The van der Waals surface area contributed by atoms with Gasteiger partial charge in [-0.15, -0.1) is 0 Å². The van der Waals surface area contributed by atoms with Gasteiger partial charge in [-0.2, -0.15) is 0 Å². The Balaban J connectivity index is 1.36. The normalized spacial score (nSPS) is 10.9. The molecule has 4 rings (SSSR count). The third-order valence-corrected chi connectivity index (χ3v) is 5.41. The molecule has 3 aromatic carbocycles. The maximum atomic E-state index is 12.5. The lowest BCUT2D eigenvalue weighted by Crippen LogP contribution is -2.21. The van der Waals surface area contributed by atoms with Crippen molar-refractivity contribution < 1.29 is 28.2 Å². The van der Waals surface area contributed by atoms with Crippen molar-refractivity contribution >= 4 is 39.5 Å². The van der Waals surface area contributed by atoms with E-state index in [1.54, 1.807) is 30.3 Å². The monoisotopic (exact) mass is 461 g/mol. The number of nitrogens with one attached hydrogen (secondary N) is 1. The summed E-state index contributed by atoms with van der Waals surface area (Å²) in [5.74, 6) is 0.0945. The van der Waals surface area contributed by atoms with E-state index in [0.29, 0.717) is 34.9 Å². The summed E-state index contributed by atoms with van der Waals surface area (Å²) in [5, 5.41) is 4.57. The van der Waals surface area contributed by atoms with E-state index in [1.165, 1.54) is 7.11 Å². The standard InChI is InChI=1S/C27H27NO6/c1-3-4-7-14-32-19-12-10-18(11-13-19)27(30)33-17-26(29)28-22-16-24-21(15-25(22)31-2)20-8-5-6-9-23(20)34-24/h5-6,8-13,15-16H,3-4,7,14,17H2,1-2H3,(H,28,29). The minimum absolute atomic E-state index is 0.343. The number of unbranched alkanes of at least 4 members (excludes halogenated alkanes) is 2. The second-order valence-corrected chi connectivity index (χ2v) is 7.85. The highest BCUT2D eigenvalue weighted by molar-refractivity contribution is 6.08. The first-order valence-electron chi connectivity index (χ1n) is 11.3. The molecule has 0 aliphatic carbocycles. The SMILES string of the molecule is CCCCCOc1ccc(C(=O)OCC(=O)Nc2cc3oc4ccccc4c3cc2OC)cc1. The van der Waals surface area contributed by atoms with Crippen molar-refractivity contribution in [2.75, 3.05) is 25.6 Å². The van der Waals surface area contributed by atoms with E-state index >= 15 is 0 Å². The molecule has 7 heteroatoms. The molecule has 4 aromatic rings. The minimum Gasteiger partial charge on any atom is -0.495 e. The third-order valence-electron chi connectivity index (χ3n) is 5.41. The summed E-state index contributed by atoms with van der Waals surface area (Å²) < 4.78 is 22.1. The molecule has 7 nitrogen and oxygen atoms in total. The van der Waals surface area contributed by atoms with Crippen molar-refractivity contribution in [1.29, 1.82) is 0 Å². The molecule has 0 spiro atoms. The van der Waals surface area contributed by atoms with Gasteiger partial charge in [0.25, 0.3) is 5.91 Å². The fourth-order valence-electron chi connectivity index (χ4n) is 3.65. The van der Waals surface area contributed by atoms with Crippen molar-refractivity contribution in [2.24, 2.45) is 0 Å². The Morgan fingerprint density at radius 1 is 0.941 bits per heavy atom. The molecule has 0 aliphatic heterocycles. The number of carbonyl (C=O) groups excluding carboxylic acids is 2. The zero-order chi connectivity index (χ0) is 23.9. The maximum absolute atomic E-state index is 12.5. The van der Waals surface area contributed by atoms with Crippen LogP contribution in [0.25, 0.3) is 21.9 Å². The molecule has 0 saturated heterocycles. The van der Waals surface area contributed by atoms with Crippen LogP contribution in [0.15, 0.2) is 65.1 Å². The number of benzene rings is 3. The number of anilines is 1. The molecule has 0 aliphatic rings. The summed E-state index contributed by atoms with van der Waals surface area (Å²) in [6.45, 7) is 2.34. The molecule has 1 heterocycles. The highest BCUT2D eigenvalue weighted by Crippen LogP contribution is 2.36. The number of rotatable bonds is 10. The van der Waals surface area contributed by atoms with Crippen molar-refractivity contribution in [1.82, 2.24) is 0 Å². The van der Waals surface area contributed by atoms with Gasteiger partial charge in [-0.25, -0.2) is 4.79 Å². The van der Waals surface area contributed by atoms with E-state index in [-0.39, 0.29) is 0 Å². The fourth-order valence-corrected chi connectivity index (χ4v) is 3.65. The average molecular weight is 462 g/mol. The van der Waals surface area contributed by atoms with Gasteiger partial charge in [-0.1, -0.05) is 38.0 Å². The summed E-state index contributed by atoms with van der Waals surface area (Å²) in [6, 6.07) is 17.9. The average Bonchev–Trinajstić information content (AvgIpc) is 3.22. The van der Waals surface area contributed by atoms with Gasteiger partial charge in [-0.3, -0.25) is 4.79 Å². The largest absolute Gasteiger partial charge is 0.495 e. The third kappa shape index (κ3) is 5.31. The molecule has 0 radical (unpaired) electrons. The number of methoxy groups -OCH3 is 1. The quantitative estimate of drug-likeness (QED) is 0.232. The Hall–Kier alpha value is -4.00. The number of hydrogen-bond donors (Lipinski definition) is 1. The van der Waals surface area contributed by atoms with E-state index in [1.807, 2.05) is 30.3 Å². The molecule has 1 amide bonds. The fraction of sp³-hybridized carbons (Fsp3) is 0.259. The second kappa shape index (κ2) is 10.7. The van der Waals surface area contributed by atoms with Crippen LogP contribution in [0.2, 0.25) is 0 Å². The van der Waals surface area contributed by atoms with Gasteiger partial charge in [0, 0.05) is 16.8 Å². The number of esters is 1. The first-order valence-corrected chi connectivity index (χ1v) is 11.3. The number of amides is 1. The highest BCUT2D eigenvalue weighted by atomic mass is 16.5. The first kappa shape index (κ1) is 23.2. The number of fused-ring (bicyclic) bond motifs is 3. The van der Waals surface area contributed by atoms with E-state index in [2.05, 4.69) is 12.2 Å². The zero-order valence-corrected chi connectivity index (χ0v) is 19.3. The lowest BCUT2D eigenvalue weighted by atomic mass is 10.1. The van der Waals surface area contributed by atoms with Crippen LogP contribution in [0.4, 0.5) is 5.69 Å². The number of ether oxygens (including phenoxy) is 3. The lowest BCUT2D eigenvalue weighted by Gasteiger charge is -2.11. The Morgan fingerprint density at radius 3 is 2.50 bits per heavy atom. The molecule has 0 fully saturated rings. The van der Waals surface area contributed by atoms with Crippen LogP contribution >= 0.6 is 0 Å². The number of furan rings is 1. The Labute approximate surface area is 197 Å². The van der Waals surface area contributed by atoms with Crippen molar-refractivity contribution in [2.45, 2.75) is 26.2 Å². The van der Waals surface area contributed by atoms with Crippen molar-refractivity contribution in [3.8, 4) is 11.5 Å². The summed E-state index contributed by atoms with van der Waals surface area (Å²) in [7, 11) is 1.52. The topological polar surface area (TPSA) is 87.0 Å². The number of hydrogen-bond acceptors (Lipinski definition) is 6. The molecular weight excluding hydrogens is 434 g/mol. The van der Waals surface area contributed by atoms with Crippen molar-refractivity contribution in [3.63, 3.8) is 0 Å². The van der Waals surface area contributed by atoms with Crippen molar-refractivity contribution in [3.05, 3.63) is 66.2 Å². The van der Waals surface area contributed by atoms with Crippen LogP contribution in [0, 0.1) is 0 Å². The van der Waals surface area contributed by atoms with Crippen LogP contribution in [0.3, 0.4) is 0 Å². The van der Waals surface area contributed by atoms with E-state index in [9.17, 15) is 9.59 Å². The van der Waals surface area contributed by atoms with Gasteiger partial charge >= 0.3 is 5.97 Å². The lowest BCUT2D eigenvalue weighted by molar-refractivity contribution is -0.119. The maximum Gasteiger partial charge on any atom is 0.338 e. The molecule has 0 atom stereocenters. The van der Waals surface area contributed by atoms with Gasteiger partial charge in [0.2, 0.25) is 0 Å². The van der Waals surface area contributed by atoms with Gasteiger partial charge < -0.3 is 23.9 Å². The van der Waals surface area contributed by atoms with E-state index in [4.69, 9.17) is 18.6 Å². The summed E-state index contributed by atoms with van der Waals surface area (Å²) >= 11 is 0. The van der Waals surface area contributed by atoms with Crippen LogP contribution in [-0.4, -0.2) is 32.2 Å². The van der Waals surface area contributed by atoms with Crippen LogP contribution in [-0.2, 0) is 9.53 Å². The van der Waals surface area contributed by atoms with E-state index in [0.717, 1.165) is 35.6 Å². The smallest absolute Gasteiger partial charge is 0.338 e. The summed E-state index contributed by atoms with van der Waals surface area (Å²) in [6.07, 6.45) is 3.23. The van der Waals surface area contributed by atoms with Gasteiger partial charge in [0.1, 0.15) is 22.7 Å². The van der Waals surface area contributed by atoms with Gasteiger partial charge in [-0.05, 0) is 42.8 Å². The predicted molar refractivity (Wildman–Crippen MR) is 131 cm³/mol. The Morgan fingerprint density at radius 2 is 1.74 bits per heavy atom.